The highest BCUT2D eigenvalue weighted by Crippen LogP contribution is 2.38. The van der Waals surface area contributed by atoms with Crippen LogP contribution in [0.25, 0.3) is 43.7 Å². The van der Waals surface area contributed by atoms with Gasteiger partial charge in [-0.2, -0.15) is 9.78 Å². The molecule has 0 aliphatic heterocycles. The summed E-state index contributed by atoms with van der Waals surface area (Å²) in [6, 6.07) is 23.3. The Morgan fingerprint density at radius 2 is 1.50 bits per heavy atom. The normalized spacial score (nSPS) is 14.0. The molecule has 4 aromatic carbocycles. The summed E-state index contributed by atoms with van der Waals surface area (Å²) in [4.78, 5) is 13.0. The highest BCUT2D eigenvalue weighted by molar-refractivity contribution is 6.14. The van der Waals surface area contributed by atoms with Gasteiger partial charge in [0.25, 0.3) is 0 Å². The molecule has 4 heteroatoms. The van der Waals surface area contributed by atoms with Crippen LogP contribution < -0.4 is 0 Å². The van der Waals surface area contributed by atoms with E-state index in [0.717, 1.165) is 34.0 Å². The van der Waals surface area contributed by atoms with E-state index in [0.29, 0.717) is 0 Å². The molecule has 0 unspecified atom stereocenters. The molecule has 0 N–H and O–H groups in total. The molecule has 0 bridgehead atoms. The van der Waals surface area contributed by atoms with E-state index in [1.54, 1.807) is 0 Å². The van der Waals surface area contributed by atoms with Crippen LogP contribution in [-0.4, -0.2) is 21.5 Å². The molecular weight excluding hydrogens is 420 g/mol. The van der Waals surface area contributed by atoms with Gasteiger partial charge in [-0.15, -0.1) is 0 Å². The van der Waals surface area contributed by atoms with Crippen molar-refractivity contribution in [2.45, 2.75) is 52.1 Å². The van der Waals surface area contributed by atoms with Crippen molar-refractivity contribution in [1.82, 2.24) is 9.78 Å². The first kappa shape index (κ1) is 20.9. The number of nitrogens with zero attached hydrogens (tertiary/aromatic N) is 2. The summed E-state index contributed by atoms with van der Waals surface area (Å²) in [5, 5.41) is 10.7. The number of carbonyl (C=O) groups excluding carboxylic acids is 1. The second-order valence-electron chi connectivity index (χ2n) is 10.2. The molecule has 1 aromatic heterocycles. The third kappa shape index (κ3) is 3.37. The molecule has 34 heavy (non-hydrogen) atoms. The summed E-state index contributed by atoms with van der Waals surface area (Å²) < 4.78 is 7.04. The van der Waals surface area contributed by atoms with Crippen molar-refractivity contribution in [3.05, 3.63) is 77.9 Å². The van der Waals surface area contributed by atoms with Crippen LogP contribution in [0.5, 0.6) is 0 Å². The predicted molar refractivity (Wildman–Crippen MR) is 138 cm³/mol. The van der Waals surface area contributed by atoms with Gasteiger partial charge in [-0.3, -0.25) is 0 Å². The van der Waals surface area contributed by atoms with Gasteiger partial charge in [0, 0.05) is 10.9 Å². The molecule has 0 spiro atoms. The van der Waals surface area contributed by atoms with Gasteiger partial charge < -0.3 is 4.74 Å². The van der Waals surface area contributed by atoms with Crippen LogP contribution in [0.1, 0.15) is 44.7 Å². The zero-order chi connectivity index (χ0) is 23.4. The number of ether oxygens (including phenoxy) is 1. The number of para-hydroxylation sites is 1. The first-order valence-electron chi connectivity index (χ1n) is 12.1. The molecule has 6 rings (SSSR count). The Kier molecular flexibility index (Phi) is 4.73. The number of carbonyl (C=O) groups is 1. The standard InChI is InChI=1S/C30H28N2O2/c1-30(2,3)34-29(33)32-27-14-7-6-11-26(27)28(31-32)25-13-8-12-21-23-16-15-19-9-4-5-10-20(19)22(23)17-18-24(21)25/h6-8,11-18H,4-5,9-10H2,1-3H3. The lowest BCUT2D eigenvalue weighted by Gasteiger charge is -2.19. The third-order valence-corrected chi connectivity index (χ3v) is 6.80. The van der Waals surface area contributed by atoms with Gasteiger partial charge in [-0.25, -0.2) is 4.79 Å². The Morgan fingerprint density at radius 3 is 2.35 bits per heavy atom. The summed E-state index contributed by atoms with van der Waals surface area (Å²) in [5.74, 6) is 0. The fraction of sp³-hybridized carbons (Fsp3) is 0.267. The summed E-state index contributed by atoms with van der Waals surface area (Å²) in [7, 11) is 0. The van der Waals surface area contributed by atoms with E-state index in [4.69, 9.17) is 9.84 Å². The van der Waals surface area contributed by atoms with Crippen molar-refractivity contribution in [2.24, 2.45) is 0 Å². The Hall–Kier alpha value is -3.66. The monoisotopic (exact) mass is 448 g/mol. The molecule has 0 saturated heterocycles. The fourth-order valence-electron chi connectivity index (χ4n) is 5.34. The lowest BCUT2D eigenvalue weighted by Crippen LogP contribution is -2.27. The van der Waals surface area contributed by atoms with Crippen LogP contribution in [0, 0.1) is 0 Å². The van der Waals surface area contributed by atoms with Gasteiger partial charge in [0.1, 0.15) is 11.3 Å². The Labute approximate surface area is 199 Å². The summed E-state index contributed by atoms with van der Waals surface area (Å²) in [6.45, 7) is 5.60. The second kappa shape index (κ2) is 7.69. The molecule has 5 aromatic rings. The molecule has 0 saturated carbocycles. The molecule has 4 nitrogen and oxygen atoms in total. The molecule has 0 radical (unpaired) electrons. The van der Waals surface area contributed by atoms with E-state index in [9.17, 15) is 4.79 Å². The smallest absolute Gasteiger partial charge is 0.435 e. The van der Waals surface area contributed by atoms with E-state index in [1.807, 2.05) is 45.0 Å². The topological polar surface area (TPSA) is 44.1 Å². The molecular formula is C30H28N2O2. The zero-order valence-corrected chi connectivity index (χ0v) is 19.9. The number of hydrogen-bond acceptors (Lipinski definition) is 3. The molecule has 0 amide bonds. The maximum Gasteiger partial charge on any atom is 0.435 e. The molecule has 1 aliphatic rings. The van der Waals surface area contributed by atoms with Crippen LogP contribution in [-0.2, 0) is 17.6 Å². The highest BCUT2D eigenvalue weighted by Gasteiger charge is 2.23. The molecule has 170 valence electrons. The summed E-state index contributed by atoms with van der Waals surface area (Å²) in [6.07, 6.45) is 4.41. The van der Waals surface area contributed by atoms with E-state index >= 15 is 0 Å². The van der Waals surface area contributed by atoms with Crippen LogP contribution in [0.2, 0.25) is 0 Å². The summed E-state index contributed by atoms with van der Waals surface area (Å²) in [5.41, 5.74) is 4.98. The van der Waals surface area contributed by atoms with Gasteiger partial charge in [0.05, 0.1) is 5.52 Å². The minimum atomic E-state index is -0.595. The van der Waals surface area contributed by atoms with Crippen LogP contribution in [0.3, 0.4) is 0 Å². The van der Waals surface area contributed by atoms with Gasteiger partial charge in [-0.1, -0.05) is 60.7 Å². The summed E-state index contributed by atoms with van der Waals surface area (Å²) >= 11 is 0. The maximum atomic E-state index is 13.0. The van der Waals surface area contributed by atoms with Crippen molar-refractivity contribution >= 4 is 38.5 Å². The van der Waals surface area contributed by atoms with Crippen molar-refractivity contribution < 1.29 is 9.53 Å². The zero-order valence-electron chi connectivity index (χ0n) is 19.9. The Bertz CT molecular complexity index is 1590. The van der Waals surface area contributed by atoms with Crippen LogP contribution >= 0.6 is 0 Å². The van der Waals surface area contributed by atoms with Crippen LogP contribution in [0.4, 0.5) is 4.79 Å². The predicted octanol–water partition coefficient (Wildman–Crippen LogP) is 7.67. The van der Waals surface area contributed by atoms with Gasteiger partial charge in [0.15, 0.2) is 0 Å². The molecule has 0 fully saturated rings. The number of aromatic nitrogens is 2. The number of rotatable bonds is 1. The highest BCUT2D eigenvalue weighted by atomic mass is 16.6. The number of benzene rings is 4. The number of fused-ring (bicyclic) bond motifs is 6. The van der Waals surface area contributed by atoms with Crippen LogP contribution in [0.15, 0.2) is 66.7 Å². The molecule has 0 atom stereocenters. The van der Waals surface area contributed by atoms with Gasteiger partial charge in [-0.05, 0) is 85.2 Å². The largest absolute Gasteiger partial charge is 0.442 e. The Morgan fingerprint density at radius 1 is 0.794 bits per heavy atom. The lowest BCUT2D eigenvalue weighted by atomic mass is 9.86. The average Bonchev–Trinajstić information content (AvgIpc) is 3.22. The second-order valence-corrected chi connectivity index (χ2v) is 10.2. The number of aryl methyl sites for hydroxylation is 2. The van der Waals surface area contributed by atoms with Gasteiger partial charge in [0.2, 0.25) is 0 Å². The van der Waals surface area contributed by atoms with E-state index in [-0.39, 0.29) is 0 Å². The minimum Gasteiger partial charge on any atom is -0.442 e. The van der Waals surface area contributed by atoms with Crippen molar-refractivity contribution in [2.75, 3.05) is 0 Å². The average molecular weight is 449 g/mol. The molecule has 1 aliphatic carbocycles. The van der Waals surface area contributed by atoms with E-state index in [2.05, 4.69) is 42.5 Å². The lowest BCUT2D eigenvalue weighted by molar-refractivity contribution is 0.0523. The van der Waals surface area contributed by atoms with Crippen molar-refractivity contribution in [3.63, 3.8) is 0 Å². The van der Waals surface area contributed by atoms with Crippen molar-refractivity contribution in [1.29, 1.82) is 0 Å². The van der Waals surface area contributed by atoms with E-state index < -0.39 is 11.7 Å². The first-order chi connectivity index (χ1) is 16.4. The maximum absolute atomic E-state index is 13.0. The third-order valence-electron chi connectivity index (χ3n) is 6.80. The quantitative estimate of drug-likeness (QED) is 0.247. The van der Waals surface area contributed by atoms with Gasteiger partial charge >= 0.3 is 6.09 Å². The fourth-order valence-corrected chi connectivity index (χ4v) is 5.34. The molecule has 1 heterocycles. The minimum absolute atomic E-state index is 0.465. The Balaban J connectivity index is 1.58. The first-order valence-corrected chi connectivity index (χ1v) is 12.1. The van der Waals surface area contributed by atoms with E-state index in [1.165, 1.54) is 51.2 Å². The SMILES string of the molecule is CC(C)(C)OC(=O)n1nc(-c2cccc3c2ccc2c4c(ccc23)CCCC4)c2ccccc21. The van der Waals surface area contributed by atoms with Crippen molar-refractivity contribution in [3.8, 4) is 11.3 Å². The number of hydrogen-bond donors (Lipinski definition) is 0.